The van der Waals surface area contributed by atoms with E-state index in [2.05, 4.69) is 5.32 Å². The number of para-hydroxylation sites is 1. The van der Waals surface area contributed by atoms with Gasteiger partial charge in [-0.2, -0.15) is 0 Å². The van der Waals surface area contributed by atoms with Gasteiger partial charge < -0.3 is 15.2 Å². The quantitative estimate of drug-likeness (QED) is 0.643. The first-order valence-electron chi connectivity index (χ1n) is 6.53. The molecule has 0 atom stereocenters. The average Bonchev–Trinajstić information content (AvgIpc) is 2.39. The van der Waals surface area contributed by atoms with Gasteiger partial charge in [0.25, 0.3) is 0 Å². The molecule has 0 saturated carbocycles. The van der Waals surface area contributed by atoms with Gasteiger partial charge in [0, 0.05) is 6.54 Å². The number of nitrogens with one attached hydrogen (secondary N) is 1. The van der Waals surface area contributed by atoms with E-state index in [9.17, 15) is 0 Å². The Morgan fingerprint density at radius 3 is 2.61 bits per heavy atom. The maximum absolute atomic E-state index is 8.58. The molecular formula is C14H22ClNO2. The molecule has 18 heavy (non-hydrogen) atoms. The Balaban J connectivity index is 1.94. The number of aliphatic hydroxyl groups is 1. The molecule has 0 fully saturated rings. The number of hydrogen-bond donors (Lipinski definition) is 2. The molecule has 0 aliphatic carbocycles. The first kappa shape index (κ1) is 15.3. The molecule has 1 aromatic carbocycles. The fraction of sp³-hybridized carbons (Fsp3) is 0.571. The normalized spacial score (nSPS) is 10.6. The lowest BCUT2D eigenvalue weighted by atomic mass is 10.2. The Morgan fingerprint density at radius 2 is 1.83 bits per heavy atom. The summed E-state index contributed by atoms with van der Waals surface area (Å²) in [4.78, 5) is 0. The molecule has 0 aliphatic rings. The second-order valence-electron chi connectivity index (χ2n) is 4.17. The summed E-state index contributed by atoms with van der Waals surface area (Å²) in [6.07, 6.45) is 4.53. The van der Waals surface area contributed by atoms with E-state index in [4.69, 9.17) is 21.4 Å². The lowest BCUT2D eigenvalue weighted by molar-refractivity contribution is 0.290. The standard InChI is InChI=1S/C14H22ClNO2/c15-13-7-3-4-8-14(13)18-12-6-2-1-5-9-16-10-11-17/h3-4,7-8,16-17H,1-2,5-6,9-12H2. The van der Waals surface area contributed by atoms with Gasteiger partial charge in [-0.05, 0) is 31.5 Å². The summed E-state index contributed by atoms with van der Waals surface area (Å²) in [6, 6.07) is 7.55. The molecule has 2 N–H and O–H groups in total. The molecule has 0 spiro atoms. The van der Waals surface area contributed by atoms with Gasteiger partial charge in [-0.1, -0.05) is 36.6 Å². The van der Waals surface area contributed by atoms with Gasteiger partial charge in [0.2, 0.25) is 0 Å². The zero-order chi connectivity index (χ0) is 13.1. The summed E-state index contributed by atoms with van der Waals surface area (Å²) in [7, 11) is 0. The highest BCUT2D eigenvalue weighted by atomic mass is 35.5. The van der Waals surface area contributed by atoms with E-state index in [0.29, 0.717) is 18.2 Å². The summed E-state index contributed by atoms with van der Waals surface area (Å²) in [5.41, 5.74) is 0. The lowest BCUT2D eigenvalue weighted by Gasteiger charge is -2.07. The largest absolute Gasteiger partial charge is 0.492 e. The van der Waals surface area contributed by atoms with Crippen LogP contribution in [0.15, 0.2) is 24.3 Å². The Morgan fingerprint density at radius 1 is 1.06 bits per heavy atom. The van der Waals surface area contributed by atoms with E-state index in [1.807, 2.05) is 24.3 Å². The summed E-state index contributed by atoms with van der Waals surface area (Å²) in [5.74, 6) is 0.767. The van der Waals surface area contributed by atoms with Crippen molar-refractivity contribution in [3.63, 3.8) is 0 Å². The minimum atomic E-state index is 0.214. The Hall–Kier alpha value is -0.770. The third kappa shape index (κ3) is 6.84. The fourth-order valence-corrected chi connectivity index (χ4v) is 1.84. The van der Waals surface area contributed by atoms with Crippen LogP contribution in [0.25, 0.3) is 0 Å². The monoisotopic (exact) mass is 271 g/mol. The predicted octanol–water partition coefficient (Wildman–Crippen LogP) is 2.86. The van der Waals surface area contributed by atoms with Crippen molar-refractivity contribution >= 4 is 11.6 Å². The number of aliphatic hydroxyl groups excluding tert-OH is 1. The summed E-state index contributed by atoms with van der Waals surface area (Å²) in [6.45, 7) is 2.60. The van der Waals surface area contributed by atoms with E-state index in [-0.39, 0.29) is 6.61 Å². The molecule has 0 bridgehead atoms. The Bertz CT molecular complexity index is 320. The minimum absolute atomic E-state index is 0.214. The Kier molecular flexibility index (Phi) is 8.65. The van der Waals surface area contributed by atoms with Crippen LogP contribution in [-0.4, -0.2) is 31.4 Å². The highest BCUT2D eigenvalue weighted by molar-refractivity contribution is 6.32. The van der Waals surface area contributed by atoms with Gasteiger partial charge in [-0.25, -0.2) is 0 Å². The molecule has 1 aromatic rings. The van der Waals surface area contributed by atoms with E-state index in [1.165, 1.54) is 6.42 Å². The van der Waals surface area contributed by atoms with E-state index >= 15 is 0 Å². The number of hydrogen-bond acceptors (Lipinski definition) is 3. The molecule has 0 aliphatic heterocycles. The van der Waals surface area contributed by atoms with Gasteiger partial charge in [0.05, 0.1) is 18.2 Å². The van der Waals surface area contributed by atoms with Gasteiger partial charge in [0.15, 0.2) is 0 Å². The first-order chi connectivity index (χ1) is 8.84. The highest BCUT2D eigenvalue weighted by Gasteiger charge is 1.98. The zero-order valence-electron chi connectivity index (χ0n) is 10.7. The van der Waals surface area contributed by atoms with Crippen LogP contribution >= 0.6 is 11.6 Å². The predicted molar refractivity (Wildman–Crippen MR) is 75.4 cm³/mol. The maximum atomic E-state index is 8.58. The molecule has 0 unspecified atom stereocenters. The molecule has 0 amide bonds. The molecule has 102 valence electrons. The zero-order valence-corrected chi connectivity index (χ0v) is 11.5. The summed E-state index contributed by atoms with van der Waals surface area (Å²) < 4.78 is 5.60. The molecule has 0 heterocycles. The molecule has 4 heteroatoms. The van der Waals surface area contributed by atoms with Crippen LogP contribution in [-0.2, 0) is 0 Å². The second kappa shape index (κ2) is 10.2. The maximum Gasteiger partial charge on any atom is 0.137 e. The molecule has 0 radical (unpaired) electrons. The van der Waals surface area contributed by atoms with Crippen molar-refractivity contribution < 1.29 is 9.84 Å². The average molecular weight is 272 g/mol. The summed E-state index contributed by atoms with van der Waals surface area (Å²) in [5, 5.41) is 12.4. The van der Waals surface area contributed by atoms with Crippen LogP contribution in [0, 0.1) is 0 Å². The SMILES string of the molecule is OCCNCCCCCCOc1ccccc1Cl. The van der Waals surface area contributed by atoms with Crippen molar-refractivity contribution in [2.45, 2.75) is 25.7 Å². The van der Waals surface area contributed by atoms with Crippen molar-refractivity contribution in [3.05, 3.63) is 29.3 Å². The highest BCUT2D eigenvalue weighted by Crippen LogP contribution is 2.23. The number of halogens is 1. The third-order valence-electron chi connectivity index (χ3n) is 2.63. The van der Waals surface area contributed by atoms with E-state index < -0.39 is 0 Å². The number of ether oxygens (including phenoxy) is 1. The minimum Gasteiger partial charge on any atom is -0.492 e. The fourth-order valence-electron chi connectivity index (χ4n) is 1.65. The summed E-state index contributed by atoms with van der Waals surface area (Å²) >= 11 is 5.98. The van der Waals surface area contributed by atoms with Crippen molar-refractivity contribution in [1.29, 1.82) is 0 Å². The van der Waals surface area contributed by atoms with Crippen molar-refractivity contribution in [2.75, 3.05) is 26.3 Å². The van der Waals surface area contributed by atoms with Crippen molar-refractivity contribution in [2.24, 2.45) is 0 Å². The smallest absolute Gasteiger partial charge is 0.137 e. The van der Waals surface area contributed by atoms with Crippen LogP contribution in [0.3, 0.4) is 0 Å². The van der Waals surface area contributed by atoms with E-state index in [1.54, 1.807) is 0 Å². The third-order valence-corrected chi connectivity index (χ3v) is 2.94. The van der Waals surface area contributed by atoms with Crippen LogP contribution in [0.1, 0.15) is 25.7 Å². The van der Waals surface area contributed by atoms with E-state index in [0.717, 1.165) is 31.6 Å². The molecule has 3 nitrogen and oxygen atoms in total. The van der Waals surface area contributed by atoms with Crippen molar-refractivity contribution in [1.82, 2.24) is 5.32 Å². The molecule has 0 aromatic heterocycles. The number of rotatable bonds is 10. The first-order valence-corrected chi connectivity index (χ1v) is 6.91. The number of unbranched alkanes of at least 4 members (excludes halogenated alkanes) is 3. The molecule has 1 rings (SSSR count). The van der Waals surface area contributed by atoms with Gasteiger partial charge in [0.1, 0.15) is 5.75 Å². The lowest BCUT2D eigenvalue weighted by Crippen LogP contribution is -2.19. The van der Waals surface area contributed by atoms with Crippen LogP contribution in [0.5, 0.6) is 5.75 Å². The van der Waals surface area contributed by atoms with Crippen LogP contribution < -0.4 is 10.1 Å². The Labute approximate surface area is 114 Å². The second-order valence-corrected chi connectivity index (χ2v) is 4.57. The van der Waals surface area contributed by atoms with Crippen LogP contribution in [0.2, 0.25) is 5.02 Å². The van der Waals surface area contributed by atoms with Gasteiger partial charge in [-0.3, -0.25) is 0 Å². The van der Waals surface area contributed by atoms with Crippen molar-refractivity contribution in [3.8, 4) is 5.75 Å². The molecular weight excluding hydrogens is 250 g/mol. The topological polar surface area (TPSA) is 41.5 Å². The molecule has 0 saturated heterocycles. The van der Waals surface area contributed by atoms with Gasteiger partial charge in [-0.15, -0.1) is 0 Å². The van der Waals surface area contributed by atoms with Crippen LogP contribution in [0.4, 0.5) is 0 Å². The number of benzene rings is 1. The van der Waals surface area contributed by atoms with Gasteiger partial charge >= 0.3 is 0 Å².